The van der Waals surface area contributed by atoms with Crippen molar-refractivity contribution in [1.29, 1.82) is 0 Å². The lowest BCUT2D eigenvalue weighted by Crippen LogP contribution is -2.16. The van der Waals surface area contributed by atoms with Crippen LogP contribution in [0.3, 0.4) is 0 Å². The largest absolute Gasteiger partial charge is 0.317 e. The van der Waals surface area contributed by atoms with Crippen LogP contribution in [0.1, 0.15) is 40.0 Å². The van der Waals surface area contributed by atoms with Gasteiger partial charge in [-0.25, -0.2) is 0 Å². The third-order valence-corrected chi connectivity index (χ3v) is 3.05. The molecular weight excluding hydrogens is 146 g/mol. The lowest BCUT2D eigenvalue weighted by molar-refractivity contribution is 0.439. The molecule has 0 heterocycles. The molecule has 1 N–H and O–H groups in total. The van der Waals surface area contributed by atoms with Crippen molar-refractivity contribution in [2.24, 2.45) is 17.8 Å². The van der Waals surface area contributed by atoms with Gasteiger partial charge in [0.05, 0.1) is 0 Å². The highest BCUT2D eigenvalue weighted by molar-refractivity contribution is 4.83. The summed E-state index contributed by atoms with van der Waals surface area (Å²) in [6.45, 7) is 9.27. The molecule has 0 radical (unpaired) electrons. The van der Waals surface area contributed by atoms with Gasteiger partial charge in [-0.15, -0.1) is 0 Å². The molecule has 3 atom stereocenters. The summed E-state index contributed by atoms with van der Waals surface area (Å²) >= 11 is 0. The van der Waals surface area contributed by atoms with Crippen LogP contribution in [-0.2, 0) is 0 Å². The highest BCUT2D eigenvalue weighted by Crippen LogP contribution is 2.42. The smallest absolute Gasteiger partial charge is 0.00465 e. The van der Waals surface area contributed by atoms with Gasteiger partial charge < -0.3 is 5.32 Å². The third kappa shape index (κ3) is 3.57. The van der Waals surface area contributed by atoms with Crippen LogP contribution in [0.25, 0.3) is 0 Å². The van der Waals surface area contributed by atoms with E-state index in [1.807, 2.05) is 0 Å². The van der Waals surface area contributed by atoms with Crippen LogP contribution in [-0.4, -0.2) is 13.1 Å². The van der Waals surface area contributed by atoms with E-state index in [0.29, 0.717) is 0 Å². The first-order chi connectivity index (χ1) is 5.74. The molecule has 1 nitrogen and oxygen atoms in total. The van der Waals surface area contributed by atoms with Gasteiger partial charge in [-0.05, 0) is 50.1 Å². The van der Waals surface area contributed by atoms with Crippen molar-refractivity contribution in [3.05, 3.63) is 0 Å². The molecule has 1 aliphatic carbocycles. The SMILES string of the molecule is CCNCCC(C)CC1CC1C. The van der Waals surface area contributed by atoms with E-state index in [0.717, 1.165) is 24.3 Å². The lowest BCUT2D eigenvalue weighted by Gasteiger charge is -2.10. The first-order valence-electron chi connectivity index (χ1n) is 5.44. The van der Waals surface area contributed by atoms with Gasteiger partial charge in [0.15, 0.2) is 0 Å². The Morgan fingerprint density at radius 2 is 2.17 bits per heavy atom. The minimum atomic E-state index is 0.930. The zero-order chi connectivity index (χ0) is 8.97. The molecule has 1 rings (SSSR count). The minimum absolute atomic E-state index is 0.930. The van der Waals surface area contributed by atoms with E-state index < -0.39 is 0 Å². The summed E-state index contributed by atoms with van der Waals surface area (Å²) in [6.07, 6.45) is 4.31. The van der Waals surface area contributed by atoms with Gasteiger partial charge in [-0.2, -0.15) is 0 Å². The molecule has 0 aromatic carbocycles. The van der Waals surface area contributed by atoms with E-state index in [9.17, 15) is 0 Å². The number of hydrogen-bond acceptors (Lipinski definition) is 1. The first-order valence-corrected chi connectivity index (χ1v) is 5.44. The summed E-state index contributed by atoms with van der Waals surface area (Å²) in [7, 11) is 0. The first kappa shape index (κ1) is 10.0. The van der Waals surface area contributed by atoms with E-state index in [1.165, 1.54) is 25.8 Å². The zero-order valence-electron chi connectivity index (χ0n) is 8.77. The summed E-state index contributed by atoms with van der Waals surface area (Å²) < 4.78 is 0. The summed E-state index contributed by atoms with van der Waals surface area (Å²) in [5.74, 6) is 3.03. The zero-order valence-corrected chi connectivity index (χ0v) is 8.77. The fourth-order valence-corrected chi connectivity index (χ4v) is 1.89. The fourth-order valence-electron chi connectivity index (χ4n) is 1.89. The Kier molecular flexibility index (Phi) is 4.07. The van der Waals surface area contributed by atoms with E-state index >= 15 is 0 Å². The summed E-state index contributed by atoms with van der Waals surface area (Å²) in [5, 5.41) is 3.38. The van der Waals surface area contributed by atoms with Crippen LogP contribution in [0, 0.1) is 17.8 Å². The fraction of sp³-hybridized carbons (Fsp3) is 1.00. The van der Waals surface area contributed by atoms with E-state index in [1.54, 1.807) is 0 Å². The quantitative estimate of drug-likeness (QED) is 0.603. The second kappa shape index (κ2) is 4.86. The second-order valence-corrected chi connectivity index (χ2v) is 4.46. The van der Waals surface area contributed by atoms with Crippen LogP contribution in [0.4, 0.5) is 0 Å². The van der Waals surface area contributed by atoms with E-state index in [-0.39, 0.29) is 0 Å². The Bertz CT molecular complexity index is 122. The van der Waals surface area contributed by atoms with Gasteiger partial charge in [-0.3, -0.25) is 0 Å². The molecular formula is C11H23N. The van der Waals surface area contributed by atoms with E-state index in [2.05, 4.69) is 26.1 Å². The highest BCUT2D eigenvalue weighted by atomic mass is 14.8. The average Bonchev–Trinajstić information content (AvgIpc) is 2.67. The van der Waals surface area contributed by atoms with Crippen molar-refractivity contribution >= 4 is 0 Å². The van der Waals surface area contributed by atoms with Crippen molar-refractivity contribution in [3.63, 3.8) is 0 Å². The normalized spacial score (nSPS) is 30.2. The van der Waals surface area contributed by atoms with Crippen LogP contribution in [0.15, 0.2) is 0 Å². The lowest BCUT2D eigenvalue weighted by atomic mass is 10.00. The molecule has 72 valence electrons. The van der Waals surface area contributed by atoms with Crippen LogP contribution >= 0.6 is 0 Å². The van der Waals surface area contributed by atoms with Crippen molar-refractivity contribution in [1.82, 2.24) is 5.32 Å². The van der Waals surface area contributed by atoms with E-state index in [4.69, 9.17) is 0 Å². The number of nitrogens with one attached hydrogen (secondary N) is 1. The van der Waals surface area contributed by atoms with Gasteiger partial charge in [0.1, 0.15) is 0 Å². The van der Waals surface area contributed by atoms with Gasteiger partial charge in [0.25, 0.3) is 0 Å². The monoisotopic (exact) mass is 169 g/mol. The minimum Gasteiger partial charge on any atom is -0.317 e. The van der Waals surface area contributed by atoms with Crippen molar-refractivity contribution in [3.8, 4) is 0 Å². The van der Waals surface area contributed by atoms with Gasteiger partial charge >= 0.3 is 0 Å². The van der Waals surface area contributed by atoms with Gasteiger partial charge in [0.2, 0.25) is 0 Å². The Morgan fingerprint density at radius 1 is 1.50 bits per heavy atom. The molecule has 0 spiro atoms. The van der Waals surface area contributed by atoms with Gasteiger partial charge in [-0.1, -0.05) is 20.8 Å². The van der Waals surface area contributed by atoms with Crippen LogP contribution in [0.2, 0.25) is 0 Å². The van der Waals surface area contributed by atoms with Crippen molar-refractivity contribution in [2.75, 3.05) is 13.1 Å². The Labute approximate surface area is 76.9 Å². The molecule has 12 heavy (non-hydrogen) atoms. The van der Waals surface area contributed by atoms with Crippen LogP contribution < -0.4 is 5.32 Å². The molecule has 1 fully saturated rings. The maximum absolute atomic E-state index is 3.38. The van der Waals surface area contributed by atoms with Crippen LogP contribution in [0.5, 0.6) is 0 Å². The molecule has 0 aliphatic heterocycles. The van der Waals surface area contributed by atoms with Crippen molar-refractivity contribution in [2.45, 2.75) is 40.0 Å². The molecule has 0 aromatic rings. The Balaban J connectivity index is 1.93. The molecule has 0 aromatic heterocycles. The standard InChI is InChI=1S/C11H23N/c1-4-12-6-5-9(2)7-11-8-10(11)3/h9-12H,4-8H2,1-3H3. The topological polar surface area (TPSA) is 12.0 Å². The molecule has 3 unspecified atom stereocenters. The predicted octanol–water partition coefficient (Wildman–Crippen LogP) is 2.67. The van der Waals surface area contributed by atoms with Gasteiger partial charge in [0, 0.05) is 0 Å². The molecule has 1 heteroatoms. The third-order valence-electron chi connectivity index (χ3n) is 3.05. The Hall–Kier alpha value is -0.0400. The average molecular weight is 169 g/mol. The summed E-state index contributed by atoms with van der Waals surface area (Å²) in [5.41, 5.74) is 0. The number of rotatable bonds is 6. The number of hydrogen-bond donors (Lipinski definition) is 1. The molecule has 1 aliphatic rings. The molecule has 0 bridgehead atoms. The maximum atomic E-state index is 3.38. The maximum Gasteiger partial charge on any atom is -0.00465 e. The summed E-state index contributed by atoms with van der Waals surface area (Å²) in [6, 6.07) is 0. The Morgan fingerprint density at radius 3 is 2.67 bits per heavy atom. The second-order valence-electron chi connectivity index (χ2n) is 4.46. The molecule has 0 saturated heterocycles. The molecule has 1 saturated carbocycles. The predicted molar refractivity (Wildman–Crippen MR) is 54.2 cm³/mol. The molecule has 0 amide bonds. The highest BCUT2D eigenvalue weighted by Gasteiger charge is 2.32. The summed E-state index contributed by atoms with van der Waals surface area (Å²) in [4.78, 5) is 0. The van der Waals surface area contributed by atoms with Crippen molar-refractivity contribution < 1.29 is 0 Å².